The largest absolute Gasteiger partial charge is 0.406 e. The number of amides is 2. The van der Waals surface area contributed by atoms with Crippen LogP contribution in [-0.4, -0.2) is 75.6 Å². The molecule has 3 heterocycles. The first kappa shape index (κ1) is 30.4. The number of halogens is 6. The highest BCUT2D eigenvalue weighted by molar-refractivity contribution is 6.36. The molecule has 2 aromatic heterocycles. The van der Waals surface area contributed by atoms with Crippen LogP contribution in [-0.2, 0) is 11.8 Å². The molecule has 4 aromatic rings. The molecule has 1 unspecified atom stereocenters. The molecule has 0 spiro atoms. The lowest BCUT2D eigenvalue weighted by Crippen LogP contribution is -2.49. The summed E-state index contributed by atoms with van der Waals surface area (Å²) in [6, 6.07) is 8.29. The second-order valence-electron chi connectivity index (χ2n) is 10.1. The van der Waals surface area contributed by atoms with E-state index in [1.54, 1.807) is 54.5 Å². The van der Waals surface area contributed by atoms with E-state index in [0.29, 0.717) is 16.9 Å². The summed E-state index contributed by atoms with van der Waals surface area (Å²) in [4.78, 5) is 14.5. The number of urea groups is 1. The number of hydrogen-bond acceptors (Lipinski definition) is 5. The van der Waals surface area contributed by atoms with E-state index in [2.05, 4.69) is 20.8 Å². The van der Waals surface area contributed by atoms with Gasteiger partial charge in [-0.15, -0.1) is 0 Å². The van der Waals surface area contributed by atoms with Crippen molar-refractivity contribution in [3.8, 4) is 16.9 Å². The molecule has 1 saturated heterocycles. The summed E-state index contributed by atoms with van der Waals surface area (Å²) >= 11 is 6.70. The van der Waals surface area contributed by atoms with Crippen molar-refractivity contribution < 1.29 is 31.5 Å². The van der Waals surface area contributed by atoms with Gasteiger partial charge in [0.15, 0.2) is 17.5 Å². The van der Waals surface area contributed by atoms with Crippen molar-refractivity contribution >= 4 is 23.4 Å². The van der Waals surface area contributed by atoms with Gasteiger partial charge in [-0.3, -0.25) is 14.9 Å². The van der Waals surface area contributed by atoms with Gasteiger partial charge in [-0.05, 0) is 29.8 Å². The number of likely N-dealkylation sites (tertiary alicyclic amines) is 1. The van der Waals surface area contributed by atoms with Crippen LogP contribution in [0.2, 0.25) is 5.02 Å². The minimum absolute atomic E-state index is 0.106. The number of methoxy groups -OCH3 is 1. The molecule has 2 aromatic carbocycles. The predicted octanol–water partition coefficient (Wildman–Crippen LogP) is 5.37. The van der Waals surface area contributed by atoms with Gasteiger partial charge in [0.05, 0.1) is 24.5 Å². The Labute approximate surface area is 248 Å². The second-order valence-corrected chi connectivity index (χ2v) is 10.5. The molecule has 0 aliphatic carbocycles. The van der Waals surface area contributed by atoms with Gasteiger partial charge in [0, 0.05) is 44.9 Å². The van der Waals surface area contributed by atoms with E-state index < -0.39 is 48.5 Å². The van der Waals surface area contributed by atoms with Crippen LogP contribution in [0.15, 0.2) is 60.9 Å². The minimum atomic E-state index is -4.63. The fraction of sp³-hybridized carbons (Fsp3) is 0.321. The van der Waals surface area contributed by atoms with Crippen LogP contribution in [0.25, 0.3) is 16.9 Å². The van der Waals surface area contributed by atoms with E-state index in [0.717, 1.165) is 24.1 Å². The van der Waals surface area contributed by atoms with Gasteiger partial charge >= 0.3 is 12.2 Å². The van der Waals surface area contributed by atoms with Gasteiger partial charge in [-0.1, -0.05) is 35.9 Å². The van der Waals surface area contributed by atoms with Gasteiger partial charge in [0.1, 0.15) is 16.8 Å². The third-order valence-electron chi connectivity index (χ3n) is 7.22. The van der Waals surface area contributed by atoms with Crippen LogP contribution in [0.3, 0.4) is 0 Å². The minimum Gasteiger partial charge on any atom is -0.383 e. The number of hydrogen-bond donors (Lipinski definition) is 2. The standard InChI is InChI=1S/C28H27ClF5N7O2/c1-39-12-17(11-35-39)25-24(29)26(41(38-25)18-6-4-3-5-7-18)37-27(42)36-22-14-40(23(15-43-2)28(32,33)34)13-19(22)16-8-9-20(30)21(31)10-16/h3-12,19,22-23H,13-15H2,1-2H3,(H2,36,37,42)/t19-,22?,23+/m0/s1. The molecule has 228 valence electrons. The summed E-state index contributed by atoms with van der Waals surface area (Å²) < 4.78 is 77.4. The van der Waals surface area contributed by atoms with Crippen LogP contribution < -0.4 is 10.6 Å². The topological polar surface area (TPSA) is 89.2 Å². The zero-order valence-electron chi connectivity index (χ0n) is 22.9. The smallest absolute Gasteiger partial charge is 0.383 e. The van der Waals surface area contributed by atoms with Crippen molar-refractivity contribution in [1.29, 1.82) is 0 Å². The van der Waals surface area contributed by atoms with Crippen LogP contribution >= 0.6 is 11.6 Å². The average molecular weight is 624 g/mol. The number of anilines is 1. The number of benzene rings is 2. The van der Waals surface area contributed by atoms with Crippen molar-refractivity contribution in [3.63, 3.8) is 0 Å². The SMILES string of the molecule is COC[C@@H](N1CC(NC(=O)Nc2c(Cl)c(-c3cnn(C)c3)nn2-c2ccccc2)[C@H](c2ccc(F)c(F)c2)C1)C(F)(F)F. The molecular weight excluding hydrogens is 597 g/mol. The molecule has 0 radical (unpaired) electrons. The highest BCUT2D eigenvalue weighted by Crippen LogP contribution is 2.37. The number of nitrogens with one attached hydrogen (secondary N) is 2. The van der Waals surface area contributed by atoms with Crippen LogP contribution in [0, 0.1) is 11.6 Å². The summed E-state index contributed by atoms with van der Waals surface area (Å²) in [6.07, 6.45) is -1.38. The molecule has 3 atom stereocenters. The maximum absolute atomic E-state index is 14.2. The van der Waals surface area contributed by atoms with Crippen molar-refractivity contribution in [1.82, 2.24) is 29.8 Å². The number of nitrogens with zero attached hydrogens (tertiary/aromatic N) is 5. The highest BCUT2D eigenvalue weighted by atomic mass is 35.5. The predicted molar refractivity (Wildman–Crippen MR) is 149 cm³/mol. The fourth-order valence-corrected chi connectivity index (χ4v) is 5.46. The number of carbonyl (C=O) groups is 1. The van der Waals surface area contributed by atoms with Crippen molar-refractivity contribution in [2.45, 2.75) is 24.2 Å². The first-order chi connectivity index (χ1) is 20.5. The molecule has 1 aliphatic heterocycles. The number of alkyl halides is 3. The molecule has 43 heavy (non-hydrogen) atoms. The quantitative estimate of drug-likeness (QED) is 0.258. The highest BCUT2D eigenvalue weighted by Gasteiger charge is 2.48. The summed E-state index contributed by atoms with van der Waals surface area (Å²) in [6.45, 7) is -1.08. The lowest BCUT2D eigenvalue weighted by molar-refractivity contribution is -0.192. The Bertz CT molecular complexity index is 1590. The lowest BCUT2D eigenvalue weighted by Gasteiger charge is -2.29. The van der Waals surface area contributed by atoms with Gasteiger partial charge in [0.25, 0.3) is 0 Å². The maximum atomic E-state index is 14.2. The summed E-state index contributed by atoms with van der Waals surface area (Å²) in [7, 11) is 2.88. The van der Waals surface area contributed by atoms with E-state index in [-0.39, 0.29) is 29.5 Å². The van der Waals surface area contributed by atoms with Crippen LogP contribution in [0.1, 0.15) is 11.5 Å². The van der Waals surface area contributed by atoms with Gasteiger partial charge in [-0.25, -0.2) is 18.3 Å². The third-order valence-corrected chi connectivity index (χ3v) is 7.58. The van der Waals surface area contributed by atoms with Gasteiger partial charge < -0.3 is 10.1 Å². The van der Waals surface area contributed by atoms with E-state index in [9.17, 15) is 26.7 Å². The number of ether oxygens (including phenoxy) is 1. The molecular formula is C28H27ClF5N7O2. The van der Waals surface area contributed by atoms with Crippen LogP contribution in [0.5, 0.6) is 0 Å². The number of para-hydroxylation sites is 1. The normalized spacial score (nSPS) is 18.1. The number of carbonyl (C=O) groups excluding carboxylic acids is 1. The summed E-state index contributed by atoms with van der Waals surface area (Å²) in [5.74, 6) is -2.94. The zero-order chi connectivity index (χ0) is 30.9. The van der Waals surface area contributed by atoms with E-state index in [1.807, 2.05) is 0 Å². The molecule has 2 amide bonds. The fourth-order valence-electron chi connectivity index (χ4n) is 5.18. The average Bonchev–Trinajstić information content (AvgIpc) is 3.66. The molecule has 2 N–H and O–H groups in total. The Kier molecular flexibility index (Phi) is 8.71. The molecule has 0 bridgehead atoms. The first-order valence-electron chi connectivity index (χ1n) is 13.1. The van der Waals surface area contributed by atoms with Crippen molar-refractivity contribution in [3.05, 3.63) is 83.1 Å². The molecule has 15 heteroatoms. The van der Waals surface area contributed by atoms with Crippen LogP contribution in [0.4, 0.5) is 32.6 Å². The van der Waals surface area contributed by atoms with Gasteiger partial charge in [0.2, 0.25) is 0 Å². The Morgan fingerprint density at radius 1 is 1.14 bits per heavy atom. The zero-order valence-corrected chi connectivity index (χ0v) is 23.7. The number of aromatic nitrogens is 4. The third kappa shape index (κ3) is 6.50. The Morgan fingerprint density at radius 3 is 2.51 bits per heavy atom. The lowest BCUT2D eigenvalue weighted by atomic mass is 9.94. The molecule has 1 aliphatic rings. The van der Waals surface area contributed by atoms with E-state index in [1.165, 1.54) is 10.7 Å². The van der Waals surface area contributed by atoms with Crippen molar-refractivity contribution in [2.24, 2.45) is 7.05 Å². The van der Waals surface area contributed by atoms with Crippen molar-refractivity contribution in [2.75, 3.05) is 32.1 Å². The maximum Gasteiger partial charge on any atom is 0.406 e. The first-order valence-corrected chi connectivity index (χ1v) is 13.5. The molecule has 1 fully saturated rings. The Morgan fingerprint density at radius 2 is 1.88 bits per heavy atom. The number of rotatable bonds is 8. The monoisotopic (exact) mass is 623 g/mol. The second kappa shape index (κ2) is 12.3. The molecule has 9 nitrogen and oxygen atoms in total. The van der Waals surface area contributed by atoms with E-state index in [4.69, 9.17) is 16.3 Å². The molecule has 5 rings (SSSR count). The molecule has 0 saturated carbocycles. The Hall–Kier alpha value is -4.01. The number of aryl methyl sites for hydroxylation is 1. The summed E-state index contributed by atoms with van der Waals surface area (Å²) in [5.41, 5.74) is 1.74. The Balaban J connectivity index is 1.45. The van der Waals surface area contributed by atoms with E-state index >= 15 is 0 Å². The van der Waals surface area contributed by atoms with Gasteiger partial charge in [-0.2, -0.15) is 23.4 Å². The summed E-state index contributed by atoms with van der Waals surface area (Å²) in [5, 5.41) is 14.2.